The van der Waals surface area contributed by atoms with Crippen LogP contribution in [0.2, 0.25) is 0 Å². The molecule has 1 aromatic rings. The normalized spacial score (nSPS) is 12.2. The maximum Gasteiger partial charge on any atom is 0.407 e. The second kappa shape index (κ2) is 8.36. The predicted molar refractivity (Wildman–Crippen MR) is 87.3 cm³/mol. The largest absolute Gasteiger partial charge is 0.492 e. The van der Waals surface area contributed by atoms with Crippen molar-refractivity contribution in [1.29, 1.82) is 0 Å². The lowest BCUT2D eigenvalue weighted by molar-refractivity contribution is 0.0517. The molecule has 0 spiro atoms. The van der Waals surface area contributed by atoms with Crippen LogP contribution in [0, 0.1) is 0 Å². The number of aromatic nitrogens is 1. The van der Waals surface area contributed by atoms with Gasteiger partial charge in [0.15, 0.2) is 6.17 Å². The van der Waals surface area contributed by atoms with E-state index in [1.165, 1.54) is 6.20 Å². The van der Waals surface area contributed by atoms with Gasteiger partial charge in [-0.15, -0.1) is 0 Å². The lowest BCUT2D eigenvalue weighted by Crippen LogP contribution is -2.36. The molecule has 0 fully saturated rings. The van der Waals surface area contributed by atoms with Crippen LogP contribution < -0.4 is 15.4 Å². The molecule has 1 unspecified atom stereocenters. The number of nitrogens with one attached hydrogen (secondary N) is 2. The lowest BCUT2D eigenvalue weighted by atomic mass is 10.2. The molecule has 0 radical (unpaired) electrons. The van der Waals surface area contributed by atoms with E-state index < -0.39 is 17.9 Å². The molecule has 0 aliphatic rings. The summed E-state index contributed by atoms with van der Waals surface area (Å²) in [4.78, 5) is 15.5. The van der Waals surface area contributed by atoms with Crippen molar-refractivity contribution >= 4 is 11.8 Å². The van der Waals surface area contributed by atoms with E-state index in [4.69, 9.17) is 9.47 Å². The average molecular weight is 325 g/mol. The number of hydrogen-bond donors (Lipinski definition) is 2. The molecule has 6 nitrogen and oxygen atoms in total. The van der Waals surface area contributed by atoms with Gasteiger partial charge in [-0.05, 0) is 27.7 Å². The Morgan fingerprint density at radius 1 is 1.48 bits per heavy atom. The van der Waals surface area contributed by atoms with Crippen LogP contribution in [-0.2, 0) is 4.74 Å². The van der Waals surface area contributed by atoms with Crippen LogP contribution >= 0.6 is 0 Å². The number of pyridine rings is 1. The molecule has 2 N–H and O–H groups in total. The molecule has 0 saturated carbocycles. The van der Waals surface area contributed by atoms with Gasteiger partial charge in [-0.1, -0.05) is 6.58 Å². The highest BCUT2D eigenvalue weighted by atomic mass is 19.1. The Balaban J connectivity index is 2.53. The maximum absolute atomic E-state index is 14.1. The van der Waals surface area contributed by atoms with Crippen LogP contribution in [0.1, 0.15) is 27.7 Å². The number of ether oxygens (including phenoxy) is 2. The first-order valence-electron chi connectivity index (χ1n) is 7.36. The van der Waals surface area contributed by atoms with Crippen LogP contribution in [0.4, 0.5) is 14.9 Å². The van der Waals surface area contributed by atoms with Crippen LogP contribution in [0.15, 0.2) is 30.7 Å². The van der Waals surface area contributed by atoms with Crippen molar-refractivity contribution in [3.05, 3.63) is 30.7 Å². The first-order valence-corrected chi connectivity index (χ1v) is 7.36. The highest BCUT2D eigenvalue weighted by molar-refractivity contribution is 5.67. The molecule has 1 heterocycles. The Labute approximate surface area is 136 Å². The molecule has 1 aromatic heterocycles. The van der Waals surface area contributed by atoms with Crippen molar-refractivity contribution in [2.75, 3.05) is 18.5 Å². The van der Waals surface area contributed by atoms with Crippen molar-refractivity contribution in [1.82, 2.24) is 10.3 Å². The first kappa shape index (κ1) is 18.7. The summed E-state index contributed by atoms with van der Waals surface area (Å²) in [5.41, 5.74) is -0.0259. The second-order valence-electron chi connectivity index (χ2n) is 5.81. The Hall–Kier alpha value is -2.31. The van der Waals surface area contributed by atoms with Crippen LogP contribution in [-0.4, -0.2) is 36.0 Å². The van der Waals surface area contributed by atoms with E-state index in [-0.39, 0.29) is 12.2 Å². The SMILES string of the molecule is C=C(Nc1cnccc1OCC)C(F)CNC(=O)OC(C)(C)C. The van der Waals surface area contributed by atoms with Crippen LogP contribution in [0.3, 0.4) is 0 Å². The zero-order chi connectivity index (χ0) is 17.5. The summed E-state index contributed by atoms with van der Waals surface area (Å²) in [5.74, 6) is 0.552. The first-order chi connectivity index (χ1) is 10.7. The second-order valence-corrected chi connectivity index (χ2v) is 5.81. The number of alkyl halides is 1. The van der Waals surface area contributed by atoms with Gasteiger partial charge in [0.1, 0.15) is 11.4 Å². The third-order valence-electron chi connectivity index (χ3n) is 2.58. The number of rotatable bonds is 7. The summed E-state index contributed by atoms with van der Waals surface area (Å²) in [6.07, 6.45) is 0.932. The van der Waals surface area contributed by atoms with Crippen molar-refractivity contribution in [2.45, 2.75) is 39.5 Å². The Morgan fingerprint density at radius 3 is 2.78 bits per heavy atom. The van der Waals surface area contributed by atoms with Gasteiger partial charge < -0.3 is 20.1 Å². The Morgan fingerprint density at radius 2 is 2.17 bits per heavy atom. The van der Waals surface area contributed by atoms with Gasteiger partial charge in [0, 0.05) is 18.0 Å². The van der Waals surface area contributed by atoms with Gasteiger partial charge >= 0.3 is 6.09 Å². The number of carbonyl (C=O) groups is 1. The van der Waals surface area contributed by atoms with Gasteiger partial charge in [0.2, 0.25) is 0 Å². The summed E-state index contributed by atoms with van der Waals surface area (Å²) in [5, 5.41) is 5.18. The van der Waals surface area contributed by atoms with E-state index in [2.05, 4.69) is 22.2 Å². The minimum Gasteiger partial charge on any atom is -0.492 e. The zero-order valence-electron chi connectivity index (χ0n) is 14.0. The minimum absolute atomic E-state index is 0.0926. The van der Waals surface area contributed by atoms with E-state index in [1.807, 2.05) is 6.92 Å². The highest BCUT2D eigenvalue weighted by Gasteiger charge is 2.19. The fourth-order valence-corrected chi connectivity index (χ4v) is 1.62. The summed E-state index contributed by atoms with van der Waals surface area (Å²) in [6.45, 7) is 10.9. The molecule has 0 aromatic carbocycles. The van der Waals surface area contributed by atoms with E-state index in [9.17, 15) is 9.18 Å². The van der Waals surface area contributed by atoms with Crippen molar-refractivity contribution in [2.24, 2.45) is 0 Å². The summed E-state index contributed by atoms with van der Waals surface area (Å²) >= 11 is 0. The smallest absolute Gasteiger partial charge is 0.407 e. The molecule has 0 saturated heterocycles. The number of alkyl carbamates (subject to hydrolysis) is 1. The average Bonchev–Trinajstić information content (AvgIpc) is 2.45. The van der Waals surface area contributed by atoms with E-state index in [0.29, 0.717) is 18.0 Å². The molecule has 23 heavy (non-hydrogen) atoms. The van der Waals surface area contributed by atoms with E-state index >= 15 is 0 Å². The Bertz CT molecular complexity index is 544. The van der Waals surface area contributed by atoms with Crippen molar-refractivity contribution in [3.63, 3.8) is 0 Å². The Kier molecular flexibility index (Phi) is 6.81. The molecule has 1 atom stereocenters. The van der Waals surface area contributed by atoms with Crippen molar-refractivity contribution < 1.29 is 18.7 Å². The molecule has 1 amide bonds. The van der Waals surface area contributed by atoms with Gasteiger partial charge in [0.05, 0.1) is 25.0 Å². The minimum atomic E-state index is -1.49. The molecule has 128 valence electrons. The molecule has 0 bridgehead atoms. The van der Waals surface area contributed by atoms with E-state index in [0.717, 1.165) is 0 Å². The van der Waals surface area contributed by atoms with E-state index in [1.54, 1.807) is 33.0 Å². The third-order valence-corrected chi connectivity index (χ3v) is 2.58. The number of carbonyl (C=O) groups excluding carboxylic acids is 1. The van der Waals surface area contributed by atoms with Gasteiger partial charge in [-0.2, -0.15) is 0 Å². The molecular formula is C16H24FN3O3. The number of nitrogens with zero attached hydrogens (tertiary/aromatic N) is 1. The molecule has 0 aliphatic heterocycles. The number of anilines is 1. The van der Waals surface area contributed by atoms with Gasteiger partial charge in [-0.25, -0.2) is 9.18 Å². The summed E-state index contributed by atoms with van der Waals surface area (Å²) in [6, 6.07) is 1.67. The third kappa shape index (κ3) is 6.99. The predicted octanol–water partition coefficient (Wildman–Crippen LogP) is 3.27. The molecular weight excluding hydrogens is 301 g/mol. The quantitative estimate of drug-likeness (QED) is 0.805. The van der Waals surface area contributed by atoms with Gasteiger partial charge in [-0.3, -0.25) is 4.98 Å². The number of hydrogen-bond acceptors (Lipinski definition) is 5. The number of amides is 1. The lowest BCUT2D eigenvalue weighted by Gasteiger charge is -2.21. The summed E-state index contributed by atoms with van der Waals surface area (Å²) < 4.78 is 24.6. The molecule has 7 heteroatoms. The van der Waals surface area contributed by atoms with Crippen molar-refractivity contribution in [3.8, 4) is 5.75 Å². The van der Waals surface area contributed by atoms with Gasteiger partial charge in [0.25, 0.3) is 0 Å². The monoisotopic (exact) mass is 325 g/mol. The van der Waals surface area contributed by atoms with Crippen LogP contribution in [0.5, 0.6) is 5.75 Å². The van der Waals surface area contributed by atoms with Crippen LogP contribution in [0.25, 0.3) is 0 Å². The molecule has 1 rings (SSSR count). The zero-order valence-corrected chi connectivity index (χ0v) is 14.0. The molecule has 0 aliphatic carbocycles. The topological polar surface area (TPSA) is 72.5 Å². The standard InChI is InChI=1S/C16H24FN3O3/c1-6-22-14-7-8-18-10-13(14)20-11(2)12(17)9-19-15(21)23-16(3,4)5/h7-8,10,12,20H,2,6,9H2,1,3-5H3,(H,19,21). The summed E-state index contributed by atoms with van der Waals surface area (Å²) in [7, 11) is 0. The highest BCUT2D eigenvalue weighted by Crippen LogP contribution is 2.24. The fourth-order valence-electron chi connectivity index (χ4n) is 1.62. The fraction of sp³-hybridized carbons (Fsp3) is 0.500. The maximum atomic E-state index is 14.1. The number of halogens is 1.